The van der Waals surface area contributed by atoms with Crippen molar-refractivity contribution in [2.45, 2.75) is 6.54 Å². The molecule has 0 unspecified atom stereocenters. The molecule has 0 aliphatic heterocycles. The largest absolute Gasteiger partial charge is 0.364 e. The first-order chi connectivity index (χ1) is 11.8. The maximum Gasteiger partial charge on any atom is 0.180 e. The Morgan fingerprint density at radius 3 is 2.58 bits per heavy atom. The molecular formula is C16H11FN6O. The van der Waals surface area contributed by atoms with Crippen LogP contribution in [0.5, 0.6) is 0 Å². The minimum atomic E-state index is -0.392. The summed E-state index contributed by atoms with van der Waals surface area (Å²) in [5.74, 6) is 0.0825. The van der Waals surface area contributed by atoms with Crippen molar-refractivity contribution < 1.29 is 8.91 Å². The normalized spacial score (nSPS) is 10.9. The predicted octanol–water partition coefficient (Wildman–Crippen LogP) is 2.58. The van der Waals surface area contributed by atoms with Crippen LogP contribution >= 0.6 is 0 Å². The van der Waals surface area contributed by atoms with E-state index in [-0.39, 0.29) is 12.2 Å². The molecule has 0 saturated carbocycles. The molecule has 0 N–H and O–H groups in total. The zero-order valence-electron chi connectivity index (χ0n) is 12.4. The number of rotatable bonds is 4. The monoisotopic (exact) mass is 322 g/mol. The van der Waals surface area contributed by atoms with E-state index in [0.29, 0.717) is 22.9 Å². The van der Waals surface area contributed by atoms with Gasteiger partial charge in [-0.2, -0.15) is 5.10 Å². The quantitative estimate of drug-likeness (QED) is 0.574. The lowest BCUT2D eigenvalue weighted by atomic mass is 10.2. The first-order valence-electron chi connectivity index (χ1n) is 7.16. The molecule has 0 aliphatic carbocycles. The van der Waals surface area contributed by atoms with Gasteiger partial charge < -0.3 is 4.52 Å². The predicted molar refractivity (Wildman–Crippen MR) is 82.0 cm³/mol. The zero-order chi connectivity index (χ0) is 16.4. The molecular weight excluding hydrogens is 311 g/mol. The van der Waals surface area contributed by atoms with E-state index in [9.17, 15) is 4.39 Å². The number of aromatic nitrogens is 6. The summed E-state index contributed by atoms with van der Waals surface area (Å²) in [6.07, 6.45) is 6.27. The molecule has 0 spiro atoms. The molecule has 4 aromatic heterocycles. The summed E-state index contributed by atoms with van der Waals surface area (Å²) >= 11 is 0. The van der Waals surface area contributed by atoms with Crippen LogP contribution in [-0.2, 0) is 6.54 Å². The third-order valence-corrected chi connectivity index (χ3v) is 3.41. The van der Waals surface area contributed by atoms with Crippen LogP contribution in [0.1, 0.15) is 5.69 Å². The summed E-state index contributed by atoms with van der Waals surface area (Å²) in [7, 11) is 0. The molecule has 0 saturated heterocycles. The van der Waals surface area contributed by atoms with Crippen LogP contribution in [0.15, 0.2) is 59.7 Å². The van der Waals surface area contributed by atoms with Crippen LogP contribution in [0.25, 0.3) is 22.9 Å². The average molecular weight is 322 g/mol. The first-order valence-corrected chi connectivity index (χ1v) is 7.16. The fraction of sp³-hybridized carbons (Fsp3) is 0.0625. The van der Waals surface area contributed by atoms with E-state index >= 15 is 0 Å². The molecule has 24 heavy (non-hydrogen) atoms. The van der Waals surface area contributed by atoms with Gasteiger partial charge in [-0.05, 0) is 24.3 Å². The van der Waals surface area contributed by atoms with Crippen LogP contribution in [-0.4, -0.2) is 29.9 Å². The van der Waals surface area contributed by atoms with Crippen molar-refractivity contribution in [1.82, 2.24) is 29.9 Å². The summed E-state index contributed by atoms with van der Waals surface area (Å²) in [5, 5.41) is 8.40. The number of hydrogen-bond acceptors (Lipinski definition) is 6. The first kappa shape index (κ1) is 14.2. The van der Waals surface area contributed by atoms with Gasteiger partial charge in [0.25, 0.3) is 0 Å². The highest BCUT2D eigenvalue weighted by Crippen LogP contribution is 2.24. The van der Waals surface area contributed by atoms with Crippen molar-refractivity contribution in [3.05, 3.63) is 66.7 Å². The Morgan fingerprint density at radius 1 is 1.00 bits per heavy atom. The van der Waals surface area contributed by atoms with Gasteiger partial charge in [0.2, 0.25) is 0 Å². The van der Waals surface area contributed by atoms with E-state index < -0.39 is 5.82 Å². The Bertz CT molecular complexity index is 952. The van der Waals surface area contributed by atoms with Crippen LogP contribution in [0.3, 0.4) is 0 Å². The van der Waals surface area contributed by atoms with Crippen LogP contribution in [0, 0.1) is 5.82 Å². The van der Waals surface area contributed by atoms with Crippen LogP contribution < -0.4 is 0 Å². The van der Waals surface area contributed by atoms with E-state index in [1.54, 1.807) is 47.5 Å². The number of halogens is 1. The molecule has 118 valence electrons. The van der Waals surface area contributed by atoms with Gasteiger partial charge in [0.1, 0.15) is 23.5 Å². The Labute approximate surface area is 135 Å². The van der Waals surface area contributed by atoms with Crippen molar-refractivity contribution in [1.29, 1.82) is 0 Å². The lowest BCUT2D eigenvalue weighted by Gasteiger charge is -2.05. The molecule has 7 nitrogen and oxygen atoms in total. The maximum atomic E-state index is 13.9. The Kier molecular flexibility index (Phi) is 3.54. The highest BCUT2D eigenvalue weighted by atomic mass is 19.1. The summed E-state index contributed by atoms with van der Waals surface area (Å²) in [6, 6.07) is 8.13. The summed E-state index contributed by atoms with van der Waals surface area (Å²) < 4.78 is 20.4. The third kappa shape index (κ3) is 2.65. The molecule has 0 bridgehead atoms. The van der Waals surface area contributed by atoms with Gasteiger partial charge in [-0.1, -0.05) is 5.16 Å². The minimum Gasteiger partial charge on any atom is -0.364 e. The van der Waals surface area contributed by atoms with Gasteiger partial charge in [0.15, 0.2) is 5.82 Å². The second-order valence-electron chi connectivity index (χ2n) is 4.96. The fourth-order valence-electron chi connectivity index (χ4n) is 2.31. The van der Waals surface area contributed by atoms with Crippen LogP contribution in [0.2, 0.25) is 0 Å². The maximum absolute atomic E-state index is 13.9. The molecule has 0 aromatic carbocycles. The summed E-state index contributed by atoms with van der Waals surface area (Å²) in [4.78, 5) is 12.4. The lowest BCUT2D eigenvalue weighted by molar-refractivity contribution is 0.421. The van der Waals surface area contributed by atoms with Crippen LogP contribution in [0.4, 0.5) is 4.39 Å². The molecule has 0 atom stereocenters. The molecule has 0 fully saturated rings. The third-order valence-electron chi connectivity index (χ3n) is 3.41. The highest BCUT2D eigenvalue weighted by molar-refractivity contribution is 5.62. The molecule has 4 rings (SSSR count). The fourth-order valence-corrected chi connectivity index (χ4v) is 2.31. The lowest BCUT2D eigenvalue weighted by Crippen LogP contribution is -2.07. The average Bonchev–Trinajstić information content (AvgIpc) is 3.27. The molecule has 0 amide bonds. The smallest absolute Gasteiger partial charge is 0.180 e. The second-order valence-corrected chi connectivity index (χ2v) is 4.96. The van der Waals surface area contributed by atoms with Crippen molar-refractivity contribution in [2.24, 2.45) is 0 Å². The van der Waals surface area contributed by atoms with Gasteiger partial charge in [-0.25, -0.2) is 14.4 Å². The van der Waals surface area contributed by atoms with Crippen molar-refractivity contribution in [3.63, 3.8) is 0 Å². The number of pyridine rings is 1. The van der Waals surface area contributed by atoms with E-state index in [4.69, 9.17) is 4.52 Å². The zero-order valence-corrected chi connectivity index (χ0v) is 12.4. The number of hydrogen-bond donors (Lipinski definition) is 0. The van der Waals surface area contributed by atoms with E-state index in [2.05, 4.69) is 25.2 Å². The molecule has 0 aliphatic rings. The Hall–Kier alpha value is -3.42. The highest BCUT2D eigenvalue weighted by Gasteiger charge is 2.16. The van der Waals surface area contributed by atoms with E-state index in [1.165, 1.54) is 12.3 Å². The SMILES string of the molecule is Fc1cccnc1Cn1nc(-c2ncccn2)cc1-c1ccon1. The molecule has 4 aromatic rings. The van der Waals surface area contributed by atoms with E-state index in [1.807, 2.05) is 0 Å². The summed E-state index contributed by atoms with van der Waals surface area (Å²) in [6.45, 7) is 0.154. The van der Waals surface area contributed by atoms with E-state index in [0.717, 1.165) is 0 Å². The molecule has 0 radical (unpaired) electrons. The standard InChI is InChI=1S/C16H11FN6O/c17-11-3-1-5-18-14(11)10-23-15(12-4-8-24-22-12)9-13(21-23)16-19-6-2-7-20-16/h1-9H,10H2. The molecule has 4 heterocycles. The summed E-state index contributed by atoms with van der Waals surface area (Å²) in [5.41, 5.74) is 2.09. The van der Waals surface area contributed by atoms with Gasteiger partial charge >= 0.3 is 0 Å². The minimum absolute atomic E-state index is 0.154. The van der Waals surface area contributed by atoms with Crippen molar-refractivity contribution in [3.8, 4) is 22.9 Å². The second kappa shape index (κ2) is 5.99. The van der Waals surface area contributed by atoms with Gasteiger partial charge in [0, 0.05) is 24.7 Å². The number of nitrogens with zero attached hydrogens (tertiary/aromatic N) is 6. The molecule has 8 heteroatoms. The van der Waals surface area contributed by atoms with Gasteiger partial charge in [-0.15, -0.1) is 0 Å². The van der Waals surface area contributed by atoms with Crippen molar-refractivity contribution in [2.75, 3.05) is 0 Å². The van der Waals surface area contributed by atoms with Crippen molar-refractivity contribution >= 4 is 0 Å². The van der Waals surface area contributed by atoms with Gasteiger partial charge in [0.05, 0.1) is 17.9 Å². The Morgan fingerprint density at radius 2 is 1.83 bits per heavy atom. The van der Waals surface area contributed by atoms with Gasteiger partial charge in [-0.3, -0.25) is 9.67 Å². The Balaban J connectivity index is 1.80. The topological polar surface area (TPSA) is 82.5 Å².